The third kappa shape index (κ3) is 4.47. The van der Waals surface area contributed by atoms with Gasteiger partial charge in [-0.05, 0) is 73.2 Å². The minimum atomic E-state index is -0.297. The highest BCUT2D eigenvalue weighted by Gasteiger charge is 2.29. The molecule has 0 bridgehead atoms. The van der Waals surface area contributed by atoms with Crippen LogP contribution in [0.1, 0.15) is 18.0 Å². The lowest BCUT2D eigenvalue weighted by Gasteiger charge is -2.13. The lowest BCUT2D eigenvalue weighted by atomic mass is 10.2. The summed E-state index contributed by atoms with van der Waals surface area (Å²) in [7, 11) is 0. The fourth-order valence-electron chi connectivity index (χ4n) is 4.83. The standard InChI is InChI=1S/C29H21ClN6O2S2/c1-16-2-11-23-24(12-16)40-27(33-23)17-3-7-19(8-4-17)32-25(37)13-21-15-39-29-34-26-22(28(38)35(21)29)14-31-36(26)20-9-5-18(30)6-10-20/h2-12,14,21H,13,15H2,1H3,(H,32,37). The number of carbonyl (C=O) groups is 1. The summed E-state index contributed by atoms with van der Waals surface area (Å²) < 4.78 is 4.41. The number of rotatable bonds is 5. The molecule has 4 heterocycles. The molecule has 11 heteroatoms. The van der Waals surface area contributed by atoms with Crippen LogP contribution >= 0.6 is 34.7 Å². The van der Waals surface area contributed by atoms with E-state index in [1.807, 2.05) is 42.5 Å². The molecule has 0 radical (unpaired) electrons. The molecule has 0 fully saturated rings. The van der Waals surface area contributed by atoms with Crippen molar-refractivity contribution in [3.63, 3.8) is 0 Å². The molecule has 7 rings (SSSR count). The van der Waals surface area contributed by atoms with Crippen molar-refractivity contribution in [2.45, 2.75) is 24.5 Å². The fraction of sp³-hybridized carbons (Fsp3) is 0.138. The van der Waals surface area contributed by atoms with Crippen molar-refractivity contribution in [2.75, 3.05) is 11.1 Å². The zero-order valence-corrected chi connectivity index (χ0v) is 23.6. The number of aryl methyl sites for hydroxylation is 1. The summed E-state index contributed by atoms with van der Waals surface area (Å²) in [5, 5.41) is 9.91. The maximum atomic E-state index is 13.4. The summed E-state index contributed by atoms with van der Waals surface area (Å²) in [6, 6.07) is 20.8. The summed E-state index contributed by atoms with van der Waals surface area (Å²) in [5.74, 6) is 0.428. The number of aromatic nitrogens is 5. The Morgan fingerprint density at radius 2 is 1.88 bits per heavy atom. The molecule has 0 spiro atoms. The van der Waals surface area contributed by atoms with Crippen molar-refractivity contribution >= 4 is 67.5 Å². The van der Waals surface area contributed by atoms with Gasteiger partial charge in [-0.25, -0.2) is 14.6 Å². The first kappa shape index (κ1) is 25.0. The third-order valence-corrected chi connectivity index (χ3v) is 9.24. The van der Waals surface area contributed by atoms with Gasteiger partial charge in [-0.1, -0.05) is 29.4 Å². The molecule has 1 amide bonds. The predicted molar refractivity (Wildman–Crippen MR) is 161 cm³/mol. The highest BCUT2D eigenvalue weighted by molar-refractivity contribution is 7.99. The number of nitrogens with one attached hydrogen (secondary N) is 1. The highest BCUT2D eigenvalue weighted by atomic mass is 35.5. The molecule has 1 unspecified atom stereocenters. The second-order valence-electron chi connectivity index (χ2n) is 9.62. The van der Waals surface area contributed by atoms with Crippen LogP contribution in [0, 0.1) is 6.92 Å². The number of amides is 1. The monoisotopic (exact) mass is 584 g/mol. The number of carbonyl (C=O) groups excluding carboxylic acids is 1. The van der Waals surface area contributed by atoms with E-state index >= 15 is 0 Å². The maximum Gasteiger partial charge on any atom is 0.265 e. The first-order valence-corrected chi connectivity index (χ1v) is 14.8. The Bertz CT molecular complexity index is 1980. The number of nitrogens with zero attached hydrogens (tertiary/aromatic N) is 5. The topological polar surface area (TPSA) is 94.7 Å². The van der Waals surface area contributed by atoms with E-state index in [9.17, 15) is 9.59 Å². The highest BCUT2D eigenvalue weighted by Crippen LogP contribution is 2.34. The Labute approximate surface area is 241 Å². The fourth-order valence-corrected chi connectivity index (χ4v) is 7.16. The van der Waals surface area contributed by atoms with Crippen LogP contribution in [0.4, 0.5) is 5.69 Å². The first-order chi connectivity index (χ1) is 19.4. The average Bonchev–Trinajstić information content (AvgIpc) is 3.67. The summed E-state index contributed by atoms with van der Waals surface area (Å²) in [5.41, 5.74) is 4.94. The van der Waals surface area contributed by atoms with Gasteiger partial charge in [0.2, 0.25) is 5.91 Å². The third-order valence-electron chi connectivity index (χ3n) is 6.82. The molecule has 1 N–H and O–H groups in total. The summed E-state index contributed by atoms with van der Waals surface area (Å²) in [6.45, 7) is 2.07. The summed E-state index contributed by atoms with van der Waals surface area (Å²) >= 11 is 9.14. The van der Waals surface area contributed by atoms with E-state index in [4.69, 9.17) is 21.6 Å². The SMILES string of the molecule is Cc1ccc2nc(-c3ccc(NC(=O)CC4CSc5nc6c(cnn6-c6ccc(Cl)cc6)c(=O)n54)cc3)sc2c1. The number of anilines is 1. The van der Waals surface area contributed by atoms with Crippen LogP contribution < -0.4 is 10.9 Å². The van der Waals surface area contributed by atoms with E-state index in [1.165, 1.54) is 23.5 Å². The van der Waals surface area contributed by atoms with E-state index in [1.54, 1.807) is 32.7 Å². The minimum absolute atomic E-state index is 0.162. The maximum absolute atomic E-state index is 13.4. The van der Waals surface area contributed by atoms with E-state index in [0.29, 0.717) is 32.7 Å². The second kappa shape index (κ2) is 9.88. The quantitative estimate of drug-likeness (QED) is 0.233. The number of benzene rings is 3. The van der Waals surface area contributed by atoms with E-state index in [-0.39, 0.29) is 23.9 Å². The van der Waals surface area contributed by atoms with Gasteiger partial charge in [-0.3, -0.25) is 14.2 Å². The second-order valence-corrected chi connectivity index (χ2v) is 12.1. The van der Waals surface area contributed by atoms with Crippen LogP contribution in [0.2, 0.25) is 5.02 Å². The van der Waals surface area contributed by atoms with Gasteiger partial charge in [0.15, 0.2) is 10.8 Å². The predicted octanol–water partition coefficient (Wildman–Crippen LogP) is 6.50. The van der Waals surface area contributed by atoms with Crippen LogP contribution in [0.25, 0.3) is 37.5 Å². The molecular formula is C29H21ClN6O2S2. The molecule has 3 aromatic heterocycles. The summed E-state index contributed by atoms with van der Waals surface area (Å²) in [4.78, 5) is 35.9. The molecule has 0 saturated carbocycles. The molecule has 1 aliphatic rings. The number of hydrogen-bond donors (Lipinski definition) is 1. The van der Waals surface area contributed by atoms with E-state index < -0.39 is 0 Å². The smallest absolute Gasteiger partial charge is 0.265 e. The number of halogens is 1. The largest absolute Gasteiger partial charge is 0.326 e. The van der Waals surface area contributed by atoms with Gasteiger partial charge in [0.1, 0.15) is 10.4 Å². The van der Waals surface area contributed by atoms with Gasteiger partial charge in [-0.15, -0.1) is 11.3 Å². The number of fused-ring (bicyclic) bond motifs is 3. The molecule has 198 valence electrons. The molecule has 6 aromatic rings. The molecule has 0 saturated heterocycles. The Morgan fingerprint density at radius 1 is 1.07 bits per heavy atom. The number of thiazole rings is 1. The Kier molecular flexibility index (Phi) is 6.18. The summed E-state index contributed by atoms with van der Waals surface area (Å²) in [6.07, 6.45) is 1.69. The van der Waals surface area contributed by atoms with E-state index in [0.717, 1.165) is 26.5 Å². The molecular weight excluding hydrogens is 564 g/mol. The van der Waals surface area contributed by atoms with Crippen molar-refractivity contribution in [1.82, 2.24) is 24.3 Å². The lowest BCUT2D eigenvalue weighted by molar-refractivity contribution is -0.116. The number of hydrogen-bond acceptors (Lipinski definition) is 7. The van der Waals surface area contributed by atoms with Crippen LogP contribution in [-0.4, -0.2) is 36.0 Å². The lowest BCUT2D eigenvalue weighted by Crippen LogP contribution is -2.27. The van der Waals surface area contributed by atoms with Gasteiger partial charge in [0.05, 0.1) is 28.1 Å². The minimum Gasteiger partial charge on any atom is -0.326 e. The molecule has 40 heavy (non-hydrogen) atoms. The van der Waals surface area contributed by atoms with Gasteiger partial charge in [0.25, 0.3) is 5.56 Å². The van der Waals surface area contributed by atoms with Crippen molar-refractivity contribution < 1.29 is 4.79 Å². The van der Waals surface area contributed by atoms with Crippen LogP contribution in [0.3, 0.4) is 0 Å². The Balaban J connectivity index is 1.08. The molecule has 3 aromatic carbocycles. The van der Waals surface area contributed by atoms with Gasteiger partial charge < -0.3 is 5.32 Å². The van der Waals surface area contributed by atoms with E-state index in [2.05, 4.69) is 29.5 Å². The van der Waals surface area contributed by atoms with Gasteiger partial charge >= 0.3 is 0 Å². The average molecular weight is 585 g/mol. The van der Waals surface area contributed by atoms with Gasteiger partial charge in [0, 0.05) is 28.4 Å². The molecule has 1 atom stereocenters. The zero-order chi connectivity index (χ0) is 27.4. The van der Waals surface area contributed by atoms with Crippen LogP contribution in [-0.2, 0) is 4.79 Å². The van der Waals surface area contributed by atoms with Crippen molar-refractivity contribution in [3.05, 3.63) is 93.9 Å². The molecule has 1 aliphatic heterocycles. The Morgan fingerprint density at radius 3 is 2.67 bits per heavy atom. The normalized spacial score (nSPS) is 14.6. The van der Waals surface area contributed by atoms with Crippen molar-refractivity contribution in [2.24, 2.45) is 0 Å². The van der Waals surface area contributed by atoms with Gasteiger partial charge in [-0.2, -0.15) is 5.10 Å². The molecule has 8 nitrogen and oxygen atoms in total. The first-order valence-electron chi connectivity index (χ1n) is 12.6. The van der Waals surface area contributed by atoms with Crippen LogP contribution in [0.5, 0.6) is 0 Å². The Hall–Kier alpha value is -3.99. The molecule has 0 aliphatic carbocycles. The van der Waals surface area contributed by atoms with Crippen molar-refractivity contribution in [1.29, 1.82) is 0 Å². The van der Waals surface area contributed by atoms with Crippen LogP contribution in [0.15, 0.2) is 82.9 Å². The number of thioether (sulfide) groups is 1. The van der Waals surface area contributed by atoms with Crippen molar-refractivity contribution in [3.8, 4) is 16.3 Å². The zero-order valence-electron chi connectivity index (χ0n) is 21.2.